The van der Waals surface area contributed by atoms with Gasteiger partial charge in [-0.05, 0) is 79.7 Å². The van der Waals surface area contributed by atoms with Crippen LogP contribution in [-0.4, -0.2) is 65.8 Å². The summed E-state index contributed by atoms with van der Waals surface area (Å²) in [5.41, 5.74) is 1.40. The van der Waals surface area contributed by atoms with Gasteiger partial charge in [0.2, 0.25) is 15.9 Å². The average Bonchev–Trinajstić information content (AvgIpc) is 3.39. The molecule has 0 aliphatic heterocycles. The number of hydrogen-bond acceptors (Lipinski definition) is 8. The van der Waals surface area contributed by atoms with E-state index in [1.54, 1.807) is 28.8 Å². The maximum atomic E-state index is 13.6. The zero-order chi connectivity index (χ0) is 30.3. The number of nitrogens with zero attached hydrogens (tertiary/aromatic N) is 4. The van der Waals surface area contributed by atoms with Crippen molar-refractivity contribution >= 4 is 39.3 Å². The fourth-order valence-electron chi connectivity index (χ4n) is 3.74. The van der Waals surface area contributed by atoms with Crippen LogP contribution in [-0.2, 0) is 21.4 Å². The zero-order valence-corrected chi connectivity index (χ0v) is 24.7. The number of sulfonamides is 1. The smallest absolute Gasteiger partial charge is 0.251 e. The number of carbonyl (C=O) groups is 2. The van der Waals surface area contributed by atoms with Crippen molar-refractivity contribution < 1.29 is 27.1 Å². The van der Waals surface area contributed by atoms with E-state index in [0.29, 0.717) is 34.7 Å². The third-order valence-corrected chi connectivity index (χ3v) is 8.63. The van der Waals surface area contributed by atoms with Crippen molar-refractivity contribution in [1.82, 2.24) is 24.4 Å². The average molecular weight is 613 g/mol. The molecule has 0 atom stereocenters. The minimum atomic E-state index is -3.63. The molecular weight excluding hydrogens is 583 g/mol. The number of ether oxygens (including phenoxy) is 1. The second-order valence-corrected chi connectivity index (χ2v) is 12.1. The lowest BCUT2D eigenvalue weighted by molar-refractivity contribution is -0.113. The van der Waals surface area contributed by atoms with Crippen molar-refractivity contribution in [1.29, 1.82) is 0 Å². The van der Waals surface area contributed by atoms with Gasteiger partial charge in [-0.25, -0.2) is 17.1 Å². The molecule has 0 aliphatic rings. The molecule has 4 rings (SSSR count). The molecule has 11 nitrogen and oxygen atoms in total. The van der Waals surface area contributed by atoms with Crippen LogP contribution >= 0.6 is 11.8 Å². The molecule has 4 aromatic rings. The topological polar surface area (TPSA) is 136 Å². The maximum Gasteiger partial charge on any atom is 0.251 e. The fraction of sp³-hybridized carbons (Fsp3) is 0.214. The highest BCUT2D eigenvalue weighted by molar-refractivity contribution is 7.99. The van der Waals surface area contributed by atoms with Gasteiger partial charge in [-0.2, -0.15) is 0 Å². The van der Waals surface area contributed by atoms with Gasteiger partial charge >= 0.3 is 0 Å². The van der Waals surface area contributed by atoms with Crippen LogP contribution in [0.5, 0.6) is 5.75 Å². The number of nitrogens with one attached hydrogen (secondary N) is 2. The first kappa shape index (κ1) is 30.7. The number of benzene rings is 3. The first-order chi connectivity index (χ1) is 20.1. The van der Waals surface area contributed by atoms with Gasteiger partial charge in [0, 0.05) is 31.0 Å². The summed E-state index contributed by atoms with van der Waals surface area (Å²) in [7, 11) is -0.778. The Morgan fingerprint density at radius 2 is 1.64 bits per heavy atom. The molecule has 0 aliphatic carbocycles. The Hall–Kier alpha value is -4.27. The number of aromatic nitrogens is 3. The number of hydrogen-bond donors (Lipinski definition) is 2. The van der Waals surface area contributed by atoms with Gasteiger partial charge in [-0.1, -0.05) is 11.8 Å². The molecule has 42 heavy (non-hydrogen) atoms. The molecule has 1 heterocycles. The van der Waals surface area contributed by atoms with Gasteiger partial charge in [-0.15, -0.1) is 10.2 Å². The summed E-state index contributed by atoms with van der Waals surface area (Å²) < 4.78 is 46.4. The Kier molecular flexibility index (Phi) is 9.93. The van der Waals surface area contributed by atoms with Crippen LogP contribution in [0.4, 0.5) is 10.1 Å². The van der Waals surface area contributed by atoms with E-state index in [2.05, 4.69) is 20.8 Å². The van der Waals surface area contributed by atoms with Gasteiger partial charge in [0.1, 0.15) is 11.6 Å². The minimum Gasteiger partial charge on any atom is -0.494 e. The first-order valence-corrected chi connectivity index (χ1v) is 15.2. The summed E-state index contributed by atoms with van der Waals surface area (Å²) in [4.78, 5) is 25.5. The van der Waals surface area contributed by atoms with Crippen LogP contribution in [0.25, 0.3) is 5.69 Å². The quantitative estimate of drug-likeness (QED) is 0.231. The number of amides is 2. The molecule has 0 saturated heterocycles. The van der Waals surface area contributed by atoms with Crippen molar-refractivity contribution in [2.75, 3.05) is 31.8 Å². The maximum absolute atomic E-state index is 13.6. The molecule has 14 heteroatoms. The van der Waals surface area contributed by atoms with Crippen molar-refractivity contribution in [3.8, 4) is 11.4 Å². The van der Waals surface area contributed by atoms with Crippen LogP contribution < -0.4 is 15.4 Å². The number of rotatable bonds is 12. The van der Waals surface area contributed by atoms with Gasteiger partial charge in [-0.3, -0.25) is 14.2 Å². The van der Waals surface area contributed by atoms with Gasteiger partial charge in [0.25, 0.3) is 5.91 Å². The van der Waals surface area contributed by atoms with Crippen LogP contribution in [0.3, 0.4) is 0 Å². The fourth-order valence-corrected chi connectivity index (χ4v) is 5.41. The molecule has 0 bridgehead atoms. The molecule has 0 fully saturated rings. The number of thioether (sulfide) groups is 1. The highest BCUT2D eigenvalue weighted by atomic mass is 32.2. The lowest BCUT2D eigenvalue weighted by Crippen LogP contribution is -2.25. The third kappa shape index (κ3) is 7.51. The van der Waals surface area contributed by atoms with Gasteiger partial charge in [0.15, 0.2) is 11.0 Å². The highest BCUT2D eigenvalue weighted by Crippen LogP contribution is 2.23. The van der Waals surface area contributed by atoms with Gasteiger partial charge < -0.3 is 15.4 Å². The minimum absolute atomic E-state index is 0.0150. The van der Waals surface area contributed by atoms with Crippen molar-refractivity contribution in [2.45, 2.75) is 23.5 Å². The van der Waals surface area contributed by atoms with Crippen LogP contribution in [0.1, 0.15) is 23.1 Å². The second-order valence-electron chi connectivity index (χ2n) is 9.00. The predicted molar refractivity (Wildman–Crippen MR) is 157 cm³/mol. The normalized spacial score (nSPS) is 11.4. The summed E-state index contributed by atoms with van der Waals surface area (Å²) in [6, 6.07) is 18.2. The molecule has 0 spiro atoms. The summed E-state index contributed by atoms with van der Waals surface area (Å²) in [6.07, 6.45) is 0. The molecule has 1 aromatic heterocycles. The van der Waals surface area contributed by atoms with E-state index in [-0.39, 0.29) is 28.7 Å². The lowest BCUT2D eigenvalue weighted by Gasteiger charge is -2.12. The number of carbonyl (C=O) groups excluding carboxylic acids is 2. The van der Waals surface area contributed by atoms with E-state index in [1.165, 1.54) is 62.6 Å². The predicted octanol–water partition coefficient (Wildman–Crippen LogP) is 3.72. The largest absolute Gasteiger partial charge is 0.494 e. The van der Waals surface area contributed by atoms with Gasteiger partial charge in [0.05, 0.1) is 23.8 Å². The number of halogens is 1. The Morgan fingerprint density at radius 1 is 0.976 bits per heavy atom. The molecular formula is C28H29FN6O5S2. The van der Waals surface area contributed by atoms with Crippen LogP contribution in [0, 0.1) is 5.82 Å². The van der Waals surface area contributed by atoms with E-state index in [9.17, 15) is 22.4 Å². The monoisotopic (exact) mass is 612 g/mol. The Morgan fingerprint density at radius 3 is 2.26 bits per heavy atom. The molecule has 220 valence electrons. The van der Waals surface area contributed by atoms with Crippen LogP contribution in [0.15, 0.2) is 82.8 Å². The van der Waals surface area contributed by atoms with E-state index >= 15 is 0 Å². The molecule has 0 radical (unpaired) electrons. The Bertz CT molecular complexity index is 1640. The van der Waals surface area contributed by atoms with Crippen molar-refractivity contribution in [2.24, 2.45) is 0 Å². The standard InChI is InChI=1S/C28H29FN6O5S2/c1-4-40-23-13-9-21(10-14-23)31-26(36)18-41-28-33-32-25(35(28)22-11-7-20(29)8-12-22)17-30-27(37)19-5-15-24(16-6-19)42(38,39)34(2)3/h5-16H,4,17-18H2,1-3H3,(H,30,37)(H,31,36). The molecule has 0 saturated carbocycles. The van der Waals surface area contributed by atoms with E-state index in [0.717, 1.165) is 16.1 Å². The second kappa shape index (κ2) is 13.6. The highest BCUT2D eigenvalue weighted by Gasteiger charge is 2.19. The van der Waals surface area contributed by atoms with E-state index in [4.69, 9.17) is 4.74 Å². The summed E-state index contributed by atoms with van der Waals surface area (Å²) >= 11 is 1.13. The molecule has 3 aromatic carbocycles. The van der Waals surface area contributed by atoms with E-state index < -0.39 is 21.7 Å². The summed E-state index contributed by atoms with van der Waals surface area (Å²) in [6.45, 7) is 2.39. The van der Waals surface area contributed by atoms with E-state index in [1.807, 2.05) is 6.92 Å². The summed E-state index contributed by atoms with van der Waals surface area (Å²) in [5.74, 6) is -0.0947. The first-order valence-electron chi connectivity index (χ1n) is 12.7. The Labute approximate surface area is 247 Å². The SMILES string of the molecule is CCOc1ccc(NC(=O)CSc2nnc(CNC(=O)c3ccc(S(=O)(=O)N(C)C)cc3)n2-c2ccc(F)cc2)cc1. The number of anilines is 1. The van der Waals surface area contributed by atoms with Crippen molar-refractivity contribution in [3.05, 3.63) is 90.0 Å². The van der Waals surface area contributed by atoms with Crippen molar-refractivity contribution in [3.63, 3.8) is 0 Å². The Balaban J connectivity index is 1.46. The third-order valence-electron chi connectivity index (χ3n) is 5.87. The molecule has 2 N–H and O–H groups in total. The molecule has 0 unspecified atom stereocenters. The zero-order valence-electron chi connectivity index (χ0n) is 23.1. The summed E-state index contributed by atoms with van der Waals surface area (Å²) in [5, 5.41) is 14.3. The van der Waals surface area contributed by atoms with Crippen LogP contribution in [0.2, 0.25) is 0 Å². The lowest BCUT2D eigenvalue weighted by atomic mass is 10.2. The molecule has 2 amide bonds.